The number of unbranched alkanes of at least 4 members (excludes halogenated alkanes) is 2. The second-order valence-corrected chi connectivity index (χ2v) is 24.8. The topological polar surface area (TPSA) is 325 Å². The molecule has 5 aromatic carbocycles. The van der Waals surface area contributed by atoms with E-state index >= 15 is 0 Å². The Balaban J connectivity index is 0.640. The molecule has 6 N–H and O–H groups in total. The van der Waals surface area contributed by atoms with E-state index in [0.717, 1.165) is 65.0 Å². The first-order valence-corrected chi connectivity index (χ1v) is 32.6. The maximum absolute atomic E-state index is 14.3. The number of hydrogen-bond acceptors (Lipinski definition) is 17. The van der Waals surface area contributed by atoms with Gasteiger partial charge in [-0.05, 0) is 121 Å². The molecule has 0 aliphatic carbocycles. The van der Waals surface area contributed by atoms with Gasteiger partial charge in [0.05, 0.1) is 74.2 Å². The van der Waals surface area contributed by atoms with E-state index in [1.807, 2.05) is 54.4 Å². The number of Topliss-reactive ketones (excluding diaryl/α,β-unsaturated/α-hetero) is 1. The van der Waals surface area contributed by atoms with Crippen LogP contribution in [0, 0.1) is 18.8 Å². The predicted octanol–water partition coefficient (Wildman–Crippen LogP) is 7.70. The van der Waals surface area contributed by atoms with Crippen molar-refractivity contribution in [1.82, 2.24) is 25.3 Å². The van der Waals surface area contributed by atoms with Crippen LogP contribution in [0.5, 0.6) is 17.2 Å². The van der Waals surface area contributed by atoms with E-state index in [-0.39, 0.29) is 107 Å². The van der Waals surface area contributed by atoms with Gasteiger partial charge in [-0.3, -0.25) is 63.4 Å². The molecule has 0 fully saturated rings. The number of rotatable bonds is 31. The summed E-state index contributed by atoms with van der Waals surface area (Å²) in [6.07, 6.45) is 8.08. The van der Waals surface area contributed by atoms with E-state index in [1.54, 1.807) is 67.4 Å². The molecule has 5 heterocycles. The summed E-state index contributed by atoms with van der Waals surface area (Å²) in [6.45, 7) is 7.11. The predicted molar refractivity (Wildman–Crippen MR) is 359 cm³/mol. The summed E-state index contributed by atoms with van der Waals surface area (Å²) < 4.78 is 29.2. The summed E-state index contributed by atoms with van der Waals surface area (Å²) in [5.41, 5.74) is 14.0. The van der Waals surface area contributed by atoms with Gasteiger partial charge in [0.2, 0.25) is 23.6 Å². The van der Waals surface area contributed by atoms with E-state index in [2.05, 4.69) is 33.4 Å². The van der Waals surface area contributed by atoms with Crippen molar-refractivity contribution < 1.29 is 71.6 Å². The number of nitrogens with zero attached hydrogens (tertiary/aromatic N) is 5. The van der Waals surface area contributed by atoms with Gasteiger partial charge >= 0.3 is 6.09 Å². The fourth-order valence-electron chi connectivity index (χ4n) is 12.1. The van der Waals surface area contributed by atoms with Crippen molar-refractivity contribution in [3.05, 3.63) is 148 Å². The molecule has 0 aromatic heterocycles. The largest absolute Gasteiger partial charge is 0.493 e. The number of methoxy groups -OCH3 is 1. The zero-order valence-corrected chi connectivity index (χ0v) is 54.7. The van der Waals surface area contributed by atoms with E-state index in [9.17, 15) is 47.9 Å². The van der Waals surface area contributed by atoms with Crippen LogP contribution >= 0.6 is 0 Å². The fraction of sp³-hybridized carbons (Fsp3) is 0.389. The molecule has 0 saturated carbocycles. The van der Waals surface area contributed by atoms with Gasteiger partial charge in [-0.15, -0.1) is 0 Å². The van der Waals surface area contributed by atoms with E-state index < -0.39 is 53.4 Å². The highest BCUT2D eigenvalue weighted by molar-refractivity contribution is 6.13. The van der Waals surface area contributed by atoms with E-state index in [0.29, 0.717) is 82.9 Å². The molecular weight excluding hydrogens is 1240 g/mol. The molecule has 0 spiro atoms. The van der Waals surface area contributed by atoms with Gasteiger partial charge in [-0.2, -0.15) is 0 Å². The highest BCUT2D eigenvalue weighted by Crippen LogP contribution is 2.40. The zero-order valence-electron chi connectivity index (χ0n) is 54.7. The molecule has 97 heavy (non-hydrogen) atoms. The van der Waals surface area contributed by atoms with Gasteiger partial charge in [0.1, 0.15) is 12.4 Å². The van der Waals surface area contributed by atoms with Gasteiger partial charge in [0.25, 0.3) is 23.6 Å². The van der Waals surface area contributed by atoms with Crippen molar-refractivity contribution in [2.45, 2.75) is 123 Å². The molecular formula is C72H80N10O15. The third-order valence-corrected chi connectivity index (χ3v) is 17.5. The van der Waals surface area contributed by atoms with Gasteiger partial charge in [-0.25, -0.2) is 4.79 Å². The van der Waals surface area contributed by atoms with Crippen LogP contribution in [0.2, 0.25) is 0 Å². The number of carbonyl (C=O) groups is 10. The molecule has 5 aliphatic rings. The number of ether oxygens (including phenoxy) is 5. The Bertz CT molecular complexity index is 3920. The fourth-order valence-corrected chi connectivity index (χ4v) is 12.1. The number of benzene rings is 5. The molecule has 0 unspecified atom stereocenters. The lowest BCUT2D eigenvalue weighted by Gasteiger charge is -2.34. The quantitative estimate of drug-likeness (QED) is 0.0210. The Kier molecular flexibility index (Phi) is 23.0. The van der Waals surface area contributed by atoms with Crippen LogP contribution in [0.15, 0.2) is 113 Å². The van der Waals surface area contributed by atoms with Crippen molar-refractivity contribution >= 4 is 94.3 Å². The maximum Gasteiger partial charge on any atom is 0.411 e. The first kappa shape index (κ1) is 69.3. The van der Waals surface area contributed by atoms with Gasteiger partial charge in [-0.1, -0.05) is 56.3 Å². The molecule has 0 saturated heterocycles. The average Bonchev–Trinajstić information content (AvgIpc) is 1.72. The normalized spacial score (nSPS) is 16.3. The lowest BCUT2D eigenvalue weighted by atomic mass is 9.89. The Hall–Kier alpha value is -10.6. The number of hydrogen-bond donors (Lipinski definition) is 5. The van der Waals surface area contributed by atoms with Crippen LogP contribution in [-0.2, 0) is 75.6 Å². The number of ketones is 1. The molecule has 9 amide bonds. The van der Waals surface area contributed by atoms with Gasteiger partial charge < -0.3 is 55.2 Å². The number of aliphatic imine (C=N–C) groups is 2. The third kappa shape index (κ3) is 17.9. The number of anilines is 2. The average molecular weight is 1330 g/mol. The number of amides is 9. The number of fused-ring (bicyclic) bond motifs is 6. The molecule has 4 atom stereocenters. The highest BCUT2D eigenvalue weighted by Gasteiger charge is 2.36. The molecule has 25 nitrogen and oxygen atoms in total. The minimum Gasteiger partial charge on any atom is -0.493 e. The summed E-state index contributed by atoms with van der Waals surface area (Å²) >= 11 is 0. The lowest BCUT2D eigenvalue weighted by molar-refractivity contribution is -0.137. The zero-order chi connectivity index (χ0) is 68.7. The third-order valence-electron chi connectivity index (χ3n) is 17.5. The number of aryl methyl sites for hydroxylation is 1. The molecule has 508 valence electrons. The first-order chi connectivity index (χ1) is 46.8. The number of primary amides is 1. The number of nitrogens with two attached hydrogens (primary N) is 1. The summed E-state index contributed by atoms with van der Waals surface area (Å²) in [6, 6.07) is 26.0. The summed E-state index contributed by atoms with van der Waals surface area (Å²) in [5.74, 6) is -3.46. The minimum atomic E-state index is -0.975. The molecule has 5 aliphatic heterocycles. The Morgan fingerprint density at radius 1 is 0.649 bits per heavy atom. The van der Waals surface area contributed by atoms with Crippen LogP contribution in [0.25, 0.3) is 0 Å². The SMILES string of the molecule is COc1cc2c(cc1OCCCCCOc1cc3c(cc1C)C(=O)N1Cc4ccccc4C[C@H]1C=N3)N=C[C@@H]1Cc3ccc(NC(=O)OCc4ccc(NC(=O)[C@H](CCC(N)=O)CC(=O)[C@@H](NC(=O)CCOCCNC(=O)CCN5C(=O)C=CC5=O)C(C)C)cc4)cc3CN1C2=O. The van der Waals surface area contributed by atoms with Crippen molar-refractivity contribution in [3.8, 4) is 17.2 Å². The smallest absolute Gasteiger partial charge is 0.411 e. The molecule has 0 radical (unpaired) electrons. The Morgan fingerprint density at radius 2 is 1.28 bits per heavy atom. The number of nitrogens with one attached hydrogen (secondary N) is 4. The first-order valence-electron chi connectivity index (χ1n) is 32.6. The van der Waals surface area contributed by atoms with Crippen LogP contribution in [0.1, 0.15) is 119 Å². The Labute approximate surface area is 561 Å². The molecule has 25 heteroatoms. The van der Waals surface area contributed by atoms with Gasteiger partial charge in [0.15, 0.2) is 17.3 Å². The Morgan fingerprint density at radius 3 is 1.95 bits per heavy atom. The van der Waals surface area contributed by atoms with Crippen molar-refractivity contribution in [1.29, 1.82) is 0 Å². The second-order valence-electron chi connectivity index (χ2n) is 24.8. The van der Waals surface area contributed by atoms with Crippen LogP contribution in [0.3, 0.4) is 0 Å². The maximum atomic E-state index is 14.3. The summed E-state index contributed by atoms with van der Waals surface area (Å²) in [4.78, 5) is 143. The highest BCUT2D eigenvalue weighted by atomic mass is 16.5. The van der Waals surface area contributed by atoms with Crippen molar-refractivity contribution in [3.63, 3.8) is 0 Å². The van der Waals surface area contributed by atoms with Crippen molar-refractivity contribution in [2.75, 3.05) is 57.3 Å². The van der Waals surface area contributed by atoms with Crippen LogP contribution < -0.4 is 41.2 Å². The van der Waals surface area contributed by atoms with Crippen molar-refractivity contribution in [2.24, 2.45) is 27.6 Å². The van der Waals surface area contributed by atoms with Gasteiger partial charge in [0, 0.05) is 106 Å². The van der Waals surface area contributed by atoms with Crippen LogP contribution in [-0.4, -0.2) is 151 Å². The second kappa shape index (κ2) is 32.3. The molecule has 0 bridgehead atoms. The molecule has 10 rings (SSSR count). The standard InChI is InChI=1S/C72H80N10O15/c1-43(2)68(79-65(86)23-28-94-29-24-74-64(85)22-25-80-66(87)20-21-67(80)88)59(83)34-48(15-19-63(73)84)69(89)77-51-16-12-45(13-17-51)42-97-72(92)78-52-18-14-47-33-54-39-76-58-37-62(61(93-4)35-56(58)71(91)82(54)41-50(47)31-52)96-27-9-5-8-26-95-60-36-57-55(30-44(60)3)70(90)81-40-49-11-7-6-10-46(49)32-53(81)38-75-57/h6-7,10-14,16-18,20-21,30-31,35-39,43,48,53-54,68H,5,8-9,15,19,22-29,32-34,40-42H2,1-4H3,(H2,73,84)(H,74,85)(H,77,89)(H,78,92)(H,79,86)/t48-,53+,54+,68+/m1/s1. The number of carbonyl (C=O) groups excluding carboxylic acids is 10. The lowest BCUT2D eigenvalue weighted by Crippen LogP contribution is -2.46. The van der Waals surface area contributed by atoms with E-state index in [4.69, 9.17) is 39.4 Å². The van der Waals surface area contributed by atoms with Crippen LogP contribution in [0.4, 0.5) is 27.5 Å². The minimum absolute atomic E-state index is 0.0160. The summed E-state index contributed by atoms with van der Waals surface area (Å²) in [7, 11) is 1.52. The summed E-state index contributed by atoms with van der Waals surface area (Å²) in [5, 5.41) is 10.9. The molecule has 5 aromatic rings. The van der Waals surface area contributed by atoms with E-state index in [1.165, 1.54) is 12.7 Å². The monoisotopic (exact) mass is 1320 g/mol. The number of imide groups is 1.